The first-order valence-corrected chi connectivity index (χ1v) is 23.0. The van der Waals surface area contributed by atoms with Crippen LogP contribution in [0, 0.1) is 0 Å². The first-order valence-electron chi connectivity index (χ1n) is 21.3. The Hall–Kier alpha value is -7.85. The number of aromatic nitrogens is 2. The van der Waals surface area contributed by atoms with E-state index in [2.05, 4.69) is 157 Å². The number of anilines is 3. The molecule has 9 aromatic carbocycles. The quantitative estimate of drug-likeness (QED) is 0.165. The van der Waals surface area contributed by atoms with Gasteiger partial charge in [0.15, 0.2) is 13.0 Å². The summed E-state index contributed by atoms with van der Waals surface area (Å²) in [6, 6.07) is 75.6. The maximum absolute atomic E-state index is 16.7. The zero-order valence-electron chi connectivity index (χ0n) is 33.9. The molecule has 2 aromatic heterocycles. The van der Waals surface area contributed by atoms with E-state index in [-0.39, 0.29) is 0 Å². The molecule has 2 atom stereocenters. The van der Waals surface area contributed by atoms with Crippen molar-refractivity contribution in [3.8, 4) is 22.6 Å². The van der Waals surface area contributed by atoms with E-state index >= 15 is 4.57 Å². The third kappa shape index (κ3) is 5.03. The minimum atomic E-state index is -3.49. The molecule has 63 heavy (non-hydrogen) atoms. The number of fused-ring (bicyclic) bond motifs is 12. The van der Waals surface area contributed by atoms with Gasteiger partial charge >= 0.3 is 0 Å². The molecule has 5 nitrogen and oxygen atoms in total. The van der Waals surface area contributed by atoms with Crippen LogP contribution in [-0.4, -0.2) is 9.97 Å². The summed E-state index contributed by atoms with van der Waals surface area (Å²) in [5.41, 5.74) is 11.5. The topological polar surface area (TPSA) is 59.2 Å². The molecule has 0 saturated carbocycles. The fourth-order valence-electron chi connectivity index (χ4n) is 10.5. The van der Waals surface area contributed by atoms with Crippen molar-refractivity contribution in [1.82, 2.24) is 9.97 Å². The Kier molecular flexibility index (Phi) is 7.73. The smallest absolute Gasteiger partial charge is 0.171 e. The van der Waals surface area contributed by atoms with E-state index in [1.807, 2.05) is 66.7 Å². The van der Waals surface area contributed by atoms with Crippen molar-refractivity contribution < 1.29 is 8.98 Å². The third-order valence-corrected chi connectivity index (χ3v) is 16.3. The van der Waals surface area contributed by atoms with E-state index in [4.69, 9.17) is 14.4 Å². The Balaban J connectivity index is 1.18. The highest BCUT2D eigenvalue weighted by molar-refractivity contribution is 7.85. The van der Waals surface area contributed by atoms with Crippen molar-refractivity contribution in [2.24, 2.45) is 0 Å². The molecule has 0 bridgehead atoms. The first kappa shape index (κ1) is 35.9. The fourth-order valence-corrected chi connectivity index (χ4v) is 13.6. The van der Waals surface area contributed by atoms with Crippen LogP contribution >= 0.6 is 7.14 Å². The number of furan rings is 1. The van der Waals surface area contributed by atoms with Crippen LogP contribution in [-0.2, 0) is 9.98 Å². The van der Waals surface area contributed by atoms with Gasteiger partial charge < -0.3 is 13.9 Å². The number of hydrogen-bond acceptors (Lipinski definition) is 5. The Bertz CT molecular complexity index is 3680. The first-order chi connectivity index (χ1) is 31.1. The Morgan fingerprint density at radius 2 is 1.10 bits per heavy atom. The van der Waals surface area contributed by atoms with Gasteiger partial charge in [0.1, 0.15) is 11.2 Å². The highest BCUT2D eigenvalue weighted by atomic mass is 31.2. The van der Waals surface area contributed by atoms with E-state index in [1.54, 1.807) is 0 Å². The van der Waals surface area contributed by atoms with Gasteiger partial charge in [-0.3, -0.25) is 0 Å². The highest BCUT2D eigenvalue weighted by Crippen LogP contribution is 2.63. The second-order valence-corrected chi connectivity index (χ2v) is 19.1. The van der Waals surface area contributed by atoms with Crippen LogP contribution in [0.1, 0.15) is 22.3 Å². The van der Waals surface area contributed by atoms with Crippen LogP contribution in [0.25, 0.3) is 55.5 Å². The molecule has 13 rings (SSSR count). The van der Waals surface area contributed by atoms with E-state index < -0.39 is 12.6 Å². The van der Waals surface area contributed by atoms with Gasteiger partial charge in [-0.15, -0.1) is 0 Å². The van der Waals surface area contributed by atoms with Crippen molar-refractivity contribution in [3.05, 3.63) is 241 Å². The number of hydrogen-bond donors (Lipinski definition) is 0. The van der Waals surface area contributed by atoms with Gasteiger partial charge in [-0.05, 0) is 70.8 Å². The van der Waals surface area contributed by atoms with Crippen LogP contribution in [0.3, 0.4) is 0 Å². The molecule has 2 unspecified atom stereocenters. The van der Waals surface area contributed by atoms with Crippen molar-refractivity contribution in [2.45, 2.75) is 5.41 Å². The lowest BCUT2D eigenvalue weighted by Crippen LogP contribution is -2.49. The van der Waals surface area contributed by atoms with Crippen molar-refractivity contribution >= 4 is 73.0 Å². The second kappa shape index (κ2) is 13.6. The molecule has 0 radical (unpaired) electrons. The normalized spacial score (nSPS) is 17.4. The monoisotopic (exact) mass is 825 g/mol. The summed E-state index contributed by atoms with van der Waals surface area (Å²) in [5, 5.41) is 5.40. The number of benzene rings is 9. The summed E-state index contributed by atoms with van der Waals surface area (Å²) in [4.78, 5) is 12.9. The Morgan fingerprint density at radius 1 is 0.444 bits per heavy atom. The van der Waals surface area contributed by atoms with Gasteiger partial charge in [-0.25, -0.2) is 9.97 Å². The van der Waals surface area contributed by atoms with E-state index in [0.717, 1.165) is 99.3 Å². The molecular weight excluding hydrogens is 790 g/mol. The summed E-state index contributed by atoms with van der Waals surface area (Å²) >= 11 is 0. The predicted octanol–water partition coefficient (Wildman–Crippen LogP) is 13.0. The molecule has 0 saturated heterocycles. The zero-order valence-corrected chi connectivity index (χ0v) is 34.8. The van der Waals surface area contributed by atoms with Crippen LogP contribution in [0.5, 0.6) is 0 Å². The minimum Gasteiger partial charge on any atom is -0.456 e. The second-order valence-electron chi connectivity index (χ2n) is 16.4. The molecule has 4 heterocycles. The molecule has 0 N–H and O–H groups in total. The largest absolute Gasteiger partial charge is 0.456 e. The molecule has 1 spiro atoms. The predicted molar refractivity (Wildman–Crippen MR) is 257 cm³/mol. The molecule has 0 amide bonds. The molecular formula is C57H36N3O2P. The van der Waals surface area contributed by atoms with Crippen LogP contribution in [0.15, 0.2) is 223 Å². The Morgan fingerprint density at radius 3 is 1.92 bits per heavy atom. The van der Waals surface area contributed by atoms with Gasteiger partial charge in [0, 0.05) is 48.9 Å². The van der Waals surface area contributed by atoms with Crippen molar-refractivity contribution in [3.63, 3.8) is 0 Å². The molecule has 11 aromatic rings. The zero-order chi connectivity index (χ0) is 41.7. The average Bonchev–Trinajstić information content (AvgIpc) is 3.73. The molecule has 0 fully saturated rings. The molecule has 2 aliphatic rings. The standard InChI is InChI=1S/C57H36N3O2P/c61-63(40-22-8-3-9-23-40)53-31-17-13-27-46(53)57(47-35-43-41-24-11-16-30-51(41)62-52(43)36-54(47)63)44-26-12-15-29-49(44)60(39-20-6-2-7-21-39)50-34-38(32-33-45(50)57)56-58-48-28-14-10-25-42(48)55(59-56)37-18-4-1-5-19-37/h1-36H. The maximum atomic E-state index is 16.7. The summed E-state index contributed by atoms with van der Waals surface area (Å²) < 4.78 is 23.3. The van der Waals surface area contributed by atoms with Crippen LogP contribution in [0.4, 0.5) is 17.1 Å². The van der Waals surface area contributed by atoms with Gasteiger partial charge in [-0.2, -0.15) is 0 Å². The Labute approximate surface area is 364 Å². The highest BCUT2D eigenvalue weighted by Gasteiger charge is 2.55. The van der Waals surface area contributed by atoms with E-state index in [0.29, 0.717) is 11.4 Å². The maximum Gasteiger partial charge on any atom is 0.171 e. The average molecular weight is 826 g/mol. The fraction of sp³-hybridized carbons (Fsp3) is 0.0175. The molecule has 6 heteroatoms. The van der Waals surface area contributed by atoms with Crippen LogP contribution in [0.2, 0.25) is 0 Å². The summed E-state index contributed by atoms with van der Waals surface area (Å²) in [6.07, 6.45) is 0. The van der Waals surface area contributed by atoms with Gasteiger partial charge in [-0.1, -0.05) is 170 Å². The lowest BCUT2D eigenvalue weighted by molar-refractivity contribution is 0.590. The summed E-state index contributed by atoms with van der Waals surface area (Å²) in [5.74, 6) is 0.640. The number of nitrogens with zero attached hydrogens (tertiary/aromatic N) is 3. The molecule has 2 aliphatic heterocycles. The third-order valence-electron chi connectivity index (χ3n) is 13.1. The SMILES string of the molecule is O=P1(c2ccccc2)c2ccccc2C2(c3ccccc3N(c3ccccc3)c3cc(-c4nc(-c5ccccc5)c5ccccc5n4)ccc32)c2cc3c(cc21)oc1ccccc13. The molecule has 296 valence electrons. The molecule has 0 aliphatic carbocycles. The minimum absolute atomic E-state index is 0.640. The van der Waals surface area contributed by atoms with E-state index in [1.165, 1.54) is 0 Å². The number of para-hydroxylation sites is 4. The van der Waals surface area contributed by atoms with Crippen molar-refractivity contribution in [2.75, 3.05) is 4.90 Å². The number of rotatable bonds is 4. The lowest BCUT2D eigenvalue weighted by Gasteiger charge is -2.50. The van der Waals surface area contributed by atoms with Gasteiger partial charge in [0.25, 0.3) is 0 Å². The van der Waals surface area contributed by atoms with Crippen molar-refractivity contribution in [1.29, 1.82) is 0 Å². The van der Waals surface area contributed by atoms with Gasteiger partial charge in [0.2, 0.25) is 0 Å². The van der Waals surface area contributed by atoms with Crippen LogP contribution < -0.4 is 20.8 Å². The van der Waals surface area contributed by atoms with E-state index in [9.17, 15) is 0 Å². The summed E-state index contributed by atoms with van der Waals surface area (Å²) in [6.45, 7) is 0. The summed E-state index contributed by atoms with van der Waals surface area (Å²) in [7, 11) is -3.49. The van der Waals surface area contributed by atoms with Gasteiger partial charge in [0.05, 0.1) is 28.0 Å². The lowest BCUT2D eigenvalue weighted by atomic mass is 9.62.